The lowest BCUT2D eigenvalue weighted by molar-refractivity contribution is -0.132. The number of carbonyl (C=O) groups excluding carboxylic acids is 1. The molecule has 0 unspecified atom stereocenters. The van der Waals surface area contributed by atoms with E-state index in [9.17, 15) is 9.18 Å². The van der Waals surface area contributed by atoms with Gasteiger partial charge in [-0.25, -0.2) is 24.3 Å². The Bertz CT molecular complexity index is 982. The van der Waals surface area contributed by atoms with E-state index in [0.29, 0.717) is 31.3 Å². The number of likely N-dealkylation sites (tertiary alicyclic amines) is 1. The van der Waals surface area contributed by atoms with E-state index in [0.717, 1.165) is 30.6 Å². The number of hydrogen-bond donors (Lipinski definition) is 1. The Balaban J connectivity index is 1.36. The maximum absolute atomic E-state index is 13.0. The van der Waals surface area contributed by atoms with Crippen molar-refractivity contribution in [3.05, 3.63) is 72.1 Å². The molecule has 1 aliphatic rings. The summed E-state index contributed by atoms with van der Waals surface area (Å²) in [5.41, 5.74) is 1.87. The molecule has 2 aromatic heterocycles. The van der Waals surface area contributed by atoms with Gasteiger partial charge in [-0.15, -0.1) is 0 Å². The Labute approximate surface area is 174 Å². The lowest BCUT2D eigenvalue weighted by Gasteiger charge is -2.32. The predicted molar refractivity (Wildman–Crippen MR) is 111 cm³/mol. The molecule has 1 fully saturated rings. The smallest absolute Gasteiger partial charge is 0.229 e. The molecule has 0 radical (unpaired) electrons. The Morgan fingerprint density at radius 1 is 1.07 bits per heavy atom. The molecule has 1 aromatic carbocycles. The summed E-state index contributed by atoms with van der Waals surface area (Å²) in [5, 5.41) is 3.01. The second kappa shape index (κ2) is 9.39. The van der Waals surface area contributed by atoms with Gasteiger partial charge in [0, 0.05) is 44.0 Å². The summed E-state index contributed by atoms with van der Waals surface area (Å²) >= 11 is 0. The first-order valence-corrected chi connectivity index (χ1v) is 10.1. The van der Waals surface area contributed by atoms with Crippen LogP contribution >= 0.6 is 0 Å². The number of nitrogens with zero attached hydrogens (tertiary/aromatic N) is 5. The third kappa shape index (κ3) is 5.14. The number of amides is 1. The first-order valence-electron chi connectivity index (χ1n) is 10.1. The zero-order chi connectivity index (χ0) is 20.8. The number of carbonyl (C=O) groups is 1. The third-order valence-corrected chi connectivity index (χ3v) is 5.20. The van der Waals surface area contributed by atoms with Crippen LogP contribution < -0.4 is 5.32 Å². The molecule has 1 saturated heterocycles. The third-order valence-electron chi connectivity index (χ3n) is 5.20. The van der Waals surface area contributed by atoms with Crippen molar-refractivity contribution >= 4 is 17.8 Å². The van der Waals surface area contributed by atoms with Gasteiger partial charge >= 0.3 is 0 Å². The van der Waals surface area contributed by atoms with Gasteiger partial charge in [0.2, 0.25) is 17.8 Å². The number of benzene rings is 1. The second-order valence-corrected chi connectivity index (χ2v) is 7.31. The molecule has 4 rings (SSSR count). The molecule has 1 aliphatic heterocycles. The molecule has 1 N–H and O–H groups in total. The van der Waals surface area contributed by atoms with Crippen LogP contribution in [-0.4, -0.2) is 43.8 Å². The minimum absolute atomic E-state index is 0.120. The summed E-state index contributed by atoms with van der Waals surface area (Å²) in [4.78, 5) is 31.7. The van der Waals surface area contributed by atoms with Crippen molar-refractivity contribution in [2.75, 3.05) is 18.4 Å². The molecule has 0 bridgehead atoms. The number of halogens is 1. The van der Waals surface area contributed by atoms with E-state index in [2.05, 4.69) is 25.3 Å². The van der Waals surface area contributed by atoms with Gasteiger partial charge in [-0.3, -0.25) is 10.1 Å². The van der Waals surface area contributed by atoms with Gasteiger partial charge in [0.25, 0.3) is 0 Å². The minimum atomic E-state index is -0.263. The molecule has 3 aromatic rings. The number of hydrogen-bond acceptors (Lipinski definition) is 6. The van der Waals surface area contributed by atoms with Crippen molar-refractivity contribution in [2.45, 2.75) is 31.6 Å². The fourth-order valence-electron chi connectivity index (χ4n) is 3.63. The minimum Gasteiger partial charge on any atom is -0.342 e. The van der Waals surface area contributed by atoms with Crippen molar-refractivity contribution < 1.29 is 9.18 Å². The van der Waals surface area contributed by atoms with Crippen molar-refractivity contribution in [1.29, 1.82) is 0 Å². The zero-order valence-electron chi connectivity index (χ0n) is 16.5. The zero-order valence-corrected chi connectivity index (χ0v) is 16.5. The standard InChI is InChI=1S/C22H23FN6O/c23-18-7-4-16(5-8-18)6-9-20(30)29-14-1-3-17(15-29)19-10-13-26-22(27-19)28-21-24-11-2-12-25-21/h2,4-5,7-8,10-13,17H,1,3,6,9,14-15H2,(H,24,25,26,27,28)/t17-/m0/s1. The number of anilines is 2. The lowest BCUT2D eigenvalue weighted by atomic mass is 9.94. The fraction of sp³-hybridized carbons (Fsp3) is 0.318. The summed E-state index contributed by atoms with van der Waals surface area (Å²) in [7, 11) is 0. The summed E-state index contributed by atoms with van der Waals surface area (Å²) in [6.45, 7) is 1.40. The highest BCUT2D eigenvalue weighted by atomic mass is 19.1. The maximum atomic E-state index is 13.0. The van der Waals surface area contributed by atoms with Gasteiger partial charge in [-0.2, -0.15) is 0 Å². The Hall–Kier alpha value is -3.42. The van der Waals surface area contributed by atoms with Crippen molar-refractivity contribution in [3.63, 3.8) is 0 Å². The van der Waals surface area contributed by atoms with E-state index in [1.165, 1.54) is 12.1 Å². The summed E-state index contributed by atoms with van der Waals surface area (Å²) in [5.74, 6) is 0.902. The highest BCUT2D eigenvalue weighted by Gasteiger charge is 2.25. The normalized spacial score (nSPS) is 16.3. The monoisotopic (exact) mass is 406 g/mol. The van der Waals surface area contributed by atoms with E-state index in [1.807, 2.05) is 11.0 Å². The number of piperidine rings is 1. The van der Waals surface area contributed by atoms with Crippen molar-refractivity contribution in [3.8, 4) is 0 Å². The SMILES string of the molecule is O=C(CCc1ccc(F)cc1)N1CCC[C@H](c2ccnc(Nc3ncccn3)n2)C1. The molecule has 3 heterocycles. The molecular weight excluding hydrogens is 383 g/mol. The van der Waals surface area contributed by atoms with Crippen molar-refractivity contribution in [2.24, 2.45) is 0 Å². The van der Waals surface area contributed by atoms with Crippen LogP contribution in [0, 0.1) is 5.82 Å². The molecular formula is C22H23FN6O. The number of aryl methyl sites for hydroxylation is 1. The topological polar surface area (TPSA) is 83.9 Å². The summed E-state index contributed by atoms with van der Waals surface area (Å²) < 4.78 is 13.0. The van der Waals surface area contributed by atoms with E-state index >= 15 is 0 Å². The molecule has 30 heavy (non-hydrogen) atoms. The number of rotatable bonds is 6. The first-order chi connectivity index (χ1) is 14.7. The van der Waals surface area contributed by atoms with Gasteiger partial charge in [0.1, 0.15) is 5.82 Å². The molecule has 0 saturated carbocycles. The molecule has 154 valence electrons. The van der Waals surface area contributed by atoms with Gasteiger partial charge < -0.3 is 4.90 Å². The highest BCUT2D eigenvalue weighted by molar-refractivity contribution is 5.76. The molecule has 1 amide bonds. The van der Waals surface area contributed by atoms with Gasteiger partial charge in [-0.05, 0) is 49.1 Å². The van der Waals surface area contributed by atoms with E-state index in [4.69, 9.17) is 0 Å². The molecule has 7 nitrogen and oxygen atoms in total. The van der Waals surface area contributed by atoms with Crippen LogP contribution in [0.15, 0.2) is 55.0 Å². The van der Waals surface area contributed by atoms with Crippen molar-refractivity contribution in [1.82, 2.24) is 24.8 Å². The average Bonchev–Trinajstić information content (AvgIpc) is 2.79. The summed E-state index contributed by atoms with van der Waals surface area (Å²) in [6, 6.07) is 9.96. The van der Waals surface area contributed by atoms with Crippen LogP contribution in [0.4, 0.5) is 16.3 Å². The molecule has 0 aliphatic carbocycles. The Morgan fingerprint density at radius 3 is 2.63 bits per heavy atom. The fourth-order valence-corrected chi connectivity index (χ4v) is 3.63. The second-order valence-electron chi connectivity index (χ2n) is 7.31. The van der Waals surface area contributed by atoms with Crippen LogP contribution in [0.25, 0.3) is 0 Å². The van der Waals surface area contributed by atoms with Gasteiger partial charge in [-0.1, -0.05) is 12.1 Å². The van der Waals surface area contributed by atoms with Gasteiger partial charge in [0.05, 0.1) is 5.69 Å². The molecule has 1 atom stereocenters. The highest BCUT2D eigenvalue weighted by Crippen LogP contribution is 2.26. The van der Waals surface area contributed by atoms with Crippen LogP contribution in [0.1, 0.15) is 36.4 Å². The largest absolute Gasteiger partial charge is 0.342 e. The maximum Gasteiger partial charge on any atom is 0.229 e. The van der Waals surface area contributed by atoms with E-state index in [-0.39, 0.29) is 17.6 Å². The van der Waals surface area contributed by atoms with Crippen LogP contribution in [0.2, 0.25) is 0 Å². The van der Waals surface area contributed by atoms with E-state index < -0.39 is 0 Å². The number of nitrogens with one attached hydrogen (secondary N) is 1. The van der Waals surface area contributed by atoms with Crippen LogP contribution in [-0.2, 0) is 11.2 Å². The average molecular weight is 406 g/mol. The van der Waals surface area contributed by atoms with Crippen LogP contribution in [0.3, 0.4) is 0 Å². The predicted octanol–water partition coefficient (Wildman–Crippen LogP) is 3.49. The molecule has 0 spiro atoms. The number of aromatic nitrogens is 4. The van der Waals surface area contributed by atoms with E-state index in [1.54, 1.807) is 36.8 Å². The van der Waals surface area contributed by atoms with Crippen LogP contribution in [0.5, 0.6) is 0 Å². The Kier molecular flexibility index (Phi) is 6.22. The Morgan fingerprint density at radius 2 is 1.83 bits per heavy atom. The summed E-state index contributed by atoms with van der Waals surface area (Å²) in [6.07, 6.45) is 7.94. The lowest BCUT2D eigenvalue weighted by Crippen LogP contribution is -2.39. The quantitative estimate of drug-likeness (QED) is 0.675. The van der Waals surface area contributed by atoms with Gasteiger partial charge in [0.15, 0.2) is 0 Å². The molecule has 8 heteroatoms. The first kappa shape index (κ1) is 19.9.